The number of aliphatic hydroxyl groups excluding tert-OH is 4. The first kappa shape index (κ1) is 22.0. The second-order valence-electron chi connectivity index (χ2n) is 5.73. The van der Waals surface area contributed by atoms with Gasteiger partial charge in [-0.25, -0.2) is 0 Å². The highest BCUT2D eigenvalue weighted by Gasteiger charge is 2.30. The number of carbonyl (C=O) groups is 2. The zero-order valence-corrected chi connectivity index (χ0v) is 13.8. The van der Waals surface area contributed by atoms with Crippen molar-refractivity contribution < 1.29 is 34.8 Å². The van der Waals surface area contributed by atoms with Gasteiger partial charge in [-0.15, -0.1) is 0 Å². The van der Waals surface area contributed by atoms with E-state index in [-0.39, 0.29) is 12.7 Å². The van der Waals surface area contributed by atoms with Crippen LogP contribution >= 0.6 is 0 Å². The molecule has 0 rings (SSSR count). The summed E-state index contributed by atoms with van der Waals surface area (Å²) in [5.74, 6) is -0.491. The molecule has 0 aromatic rings. The monoisotopic (exact) mass is 334 g/mol. The fourth-order valence-electron chi connectivity index (χ4n) is 2.09. The highest BCUT2D eigenvalue weighted by molar-refractivity contribution is 5.69. The highest BCUT2D eigenvalue weighted by atomic mass is 16.5. The third-order valence-electron chi connectivity index (χ3n) is 3.63. The standard InChI is InChI=1S/C16H30O7/c1-2-3-4-5-6-7-8-9-14(20)23-11-13(19)16(22)15(21)12(18)10-17/h10,12-13,15-16,18-19,21-22H,2-9,11H2,1H3/t12-,13-,15-,16-/m1/s1. The molecule has 136 valence electrons. The number of aliphatic hydroxyl groups is 4. The lowest BCUT2D eigenvalue weighted by molar-refractivity contribution is -0.156. The lowest BCUT2D eigenvalue weighted by atomic mass is 10.0. The zero-order chi connectivity index (χ0) is 17.7. The molecule has 0 saturated carbocycles. The molecule has 0 aliphatic rings. The zero-order valence-electron chi connectivity index (χ0n) is 13.8. The summed E-state index contributed by atoms with van der Waals surface area (Å²) in [5.41, 5.74) is 0. The molecule has 0 radical (unpaired) electrons. The van der Waals surface area contributed by atoms with E-state index in [9.17, 15) is 24.9 Å². The van der Waals surface area contributed by atoms with E-state index in [1.165, 1.54) is 19.3 Å². The van der Waals surface area contributed by atoms with Crippen LogP contribution in [0.4, 0.5) is 0 Å². The van der Waals surface area contributed by atoms with Gasteiger partial charge in [-0.2, -0.15) is 0 Å². The Hall–Kier alpha value is -1.02. The van der Waals surface area contributed by atoms with Gasteiger partial charge in [0.25, 0.3) is 0 Å². The number of carbonyl (C=O) groups excluding carboxylic acids is 2. The Balaban J connectivity index is 3.77. The van der Waals surface area contributed by atoms with Crippen molar-refractivity contribution in [2.24, 2.45) is 0 Å². The van der Waals surface area contributed by atoms with E-state index in [2.05, 4.69) is 6.92 Å². The van der Waals surface area contributed by atoms with E-state index in [1.807, 2.05) is 0 Å². The Morgan fingerprint density at radius 3 is 2.09 bits per heavy atom. The maximum absolute atomic E-state index is 11.5. The highest BCUT2D eigenvalue weighted by Crippen LogP contribution is 2.09. The van der Waals surface area contributed by atoms with E-state index in [0.717, 1.165) is 19.3 Å². The van der Waals surface area contributed by atoms with Crippen molar-refractivity contribution in [1.82, 2.24) is 0 Å². The summed E-state index contributed by atoms with van der Waals surface area (Å²) in [6.07, 6.45) is 0.806. The van der Waals surface area contributed by atoms with Crippen LogP contribution < -0.4 is 0 Å². The second-order valence-corrected chi connectivity index (χ2v) is 5.73. The lowest BCUT2D eigenvalue weighted by Crippen LogP contribution is -2.46. The van der Waals surface area contributed by atoms with E-state index in [1.54, 1.807) is 0 Å². The first-order chi connectivity index (χ1) is 10.9. The number of hydrogen-bond donors (Lipinski definition) is 4. The molecule has 0 bridgehead atoms. The fourth-order valence-corrected chi connectivity index (χ4v) is 2.09. The third-order valence-corrected chi connectivity index (χ3v) is 3.63. The van der Waals surface area contributed by atoms with Crippen molar-refractivity contribution in [3.63, 3.8) is 0 Å². The Bertz CT molecular complexity index is 322. The van der Waals surface area contributed by atoms with Crippen molar-refractivity contribution >= 4 is 12.3 Å². The van der Waals surface area contributed by atoms with Gasteiger partial charge in [-0.05, 0) is 6.42 Å². The molecule has 4 N–H and O–H groups in total. The van der Waals surface area contributed by atoms with Crippen LogP contribution in [0.25, 0.3) is 0 Å². The molecule has 0 aliphatic carbocycles. The molecule has 0 unspecified atom stereocenters. The van der Waals surface area contributed by atoms with E-state index < -0.39 is 37.0 Å². The predicted molar refractivity (Wildman–Crippen MR) is 83.7 cm³/mol. The van der Waals surface area contributed by atoms with Crippen LogP contribution in [0.15, 0.2) is 0 Å². The molecular formula is C16H30O7. The van der Waals surface area contributed by atoms with Gasteiger partial charge in [0.05, 0.1) is 0 Å². The lowest BCUT2D eigenvalue weighted by Gasteiger charge is -2.23. The Morgan fingerprint density at radius 1 is 0.957 bits per heavy atom. The summed E-state index contributed by atoms with van der Waals surface area (Å²) in [5, 5.41) is 37.5. The molecule has 0 aromatic heterocycles. The molecule has 7 nitrogen and oxygen atoms in total. The van der Waals surface area contributed by atoms with Gasteiger partial charge >= 0.3 is 5.97 Å². The van der Waals surface area contributed by atoms with E-state index in [4.69, 9.17) is 9.84 Å². The van der Waals surface area contributed by atoms with E-state index >= 15 is 0 Å². The molecule has 7 heteroatoms. The average molecular weight is 334 g/mol. The average Bonchev–Trinajstić information content (AvgIpc) is 2.56. The van der Waals surface area contributed by atoms with Crippen molar-refractivity contribution in [3.8, 4) is 0 Å². The molecule has 0 amide bonds. The summed E-state index contributed by atoms with van der Waals surface area (Å²) >= 11 is 0. The molecule has 0 aliphatic heterocycles. The van der Waals surface area contributed by atoms with Gasteiger partial charge in [0.2, 0.25) is 0 Å². The maximum Gasteiger partial charge on any atom is 0.305 e. The van der Waals surface area contributed by atoms with Crippen LogP contribution in [-0.4, -0.2) is 63.7 Å². The molecule has 0 spiro atoms. The minimum atomic E-state index is -1.83. The number of unbranched alkanes of at least 4 members (excludes halogenated alkanes) is 6. The van der Waals surface area contributed by atoms with Crippen molar-refractivity contribution in [2.45, 2.75) is 82.7 Å². The number of ether oxygens (including phenoxy) is 1. The minimum Gasteiger partial charge on any atom is -0.463 e. The Labute approximate surface area is 137 Å². The number of rotatable bonds is 14. The summed E-state index contributed by atoms with van der Waals surface area (Å²) in [6.45, 7) is 1.65. The van der Waals surface area contributed by atoms with Gasteiger partial charge in [0, 0.05) is 6.42 Å². The topological polar surface area (TPSA) is 124 Å². The molecule has 0 fully saturated rings. The van der Waals surface area contributed by atoms with Crippen LogP contribution in [0, 0.1) is 0 Å². The van der Waals surface area contributed by atoms with Gasteiger partial charge in [-0.3, -0.25) is 4.79 Å². The molecule has 0 saturated heterocycles. The van der Waals surface area contributed by atoms with E-state index in [0.29, 0.717) is 6.42 Å². The maximum atomic E-state index is 11.5. The molecule has 4 atom stereocenters. The molecular weight excluding hydrogens is 304 g/mol. The summed E-state index contributed by atoms with van der Waals surface area (Å²) in [4.78, 5) is 21.8. The smallest absolute Gasteiger partial charge is 0.305 e. The number of aldehydes is 1. The predicted octanol–water partition coefficient (Wildman–Crippen LogP) is 0.313. The minimum absolute atomic E-state index is 0.0487. The second kappa shape index (κ2) is 13.4. The SMILES string of the molecule is CCCCCCCCCC(=O)OC[C@@H](O)[C@@H](O)[C@H](O)[C@H](O)C=O. The van der Waals surface area contributed by atoms with Crippen LogP contribution in [0.2, 0.25) is 0 Å². The van der Waals surface area contributed by atoms with Crippen molar-refractivity contribution in [1.29, 1.82) is 0 Å². The third kappa shape index (κ3) is 10.4. The molecule has 0 heterocycles. The first-order valence-electron chi connectivity index (χ1n) is 8.27. The van der Waals surface area contributed by atoms with Crippen molar-refractivity contribution in [2.75, 3.05) is 6.61 Å². The Morgan fingerprint density at radius 2 is 1.52 bits per heavy atom. The summed E-state index contributed by atoms with van der Waals surface area (Å²) < 4.78 is 4.80. The first-order valence-corrected chi connectivity index (χ1v) is 8.27. The normalized spacial score (nSPS) is 16.4. The number of esters is 1. The fraction of sp³-hybridized carbons (Fsp3) is 0.875. The van der Waals surface area contributed by atoms with Crippen LogP contribution in [0.1, 0.15) is 58.3 Å². The van der Waals surface area contributed by atoms with Gasteiger partial charge < -0.3 is 30.0 Å². The quantitative estimate of drug-likeness (QED) is 0.205. The Kier molecular flexibility index (Phi) is 12.8. The van der Waals surface area contributed by atoms with Crippen LogP contribution in [-0.2, 0) is 14.3 Å². The summed E-state index contributed by atoms with van der Waals surface area (Å²) in [6, 6.07) is 0. The van der Waals surface area contributed by atoms with Crippen LogP contribution in [0.5, 0.6) is 0 Å². The molecule has 0 aromatic carbocycles. The van der Waals surface area contributed by atoms with Gasteiger partial charge in [0.1, 0.15) is 31.0 Å². The molecule has 23 heavy (non-hydrogen) atoms. The largest absolute Gasteiger partial charge is 0.463 e. The van der Waals surface area contributed by atoms with Gasteiger partial charge in [0.15, 0.2) is 6.29 Å². The van der Waals surface area contributed by atoms with Crippen molar-refractivity contribution in [3.05, 3.63) is 0 Å². The van der Waals surface area contributed by atoms with Crippen LogP contribution in [0.3, 0.4) is 0 Å². The van der Waals surface area contributed by atoms with Gasteiger partial charge in [-0.1, -0.05) is 45.4 Å². The number of hydrogen-bond acceptors (Lipinski definition) is 7. The summed E-state index contributed by atoms with van der Waals surface area (Å²) in [7, 11) is 0.